The van der Waals surface area contributed by atoms with Gasteiger partial charge in [0, 0.05) is 36.7 Å². The third-order valence-electron chi connectivity index (χ3n) is 5.86. The van der Waals surface area contributed by atoms with Crippen molar-refractivity contribution in [3.63, 3.8) is 0 Å². The van der Waals surface area contributed by atoms with Crippen molar-refractivity contribution in [3.05, 3.63) is 102 Å². The van der Waals surface area contributed by atoms with E-state index in [2.05, 4.69) is 10.4 Å². The van der Waals surface area contributed by atoms with E-state index in [1.165, 1.54) is 16.4 Å². The number of carbonyl (C=O) groups excluding carboxylic acids is 1. The predicted octanol–water partition coefficient (Wildman–Crippen LogP) is 4.88. The molecule has 0 saturated carbocycles. The van der Waals surface area contributed by atoms with E-state index in [9.17, 15) is 13.2 Å². The molecule has 1 aromatic heterocycles. The van der Waals surface area contributed by atoms with Gasteiger partial charge in [0.25, 0.3) is 5.91 Å². The Morgan fingerprint density at radius 1 is 0.971 bits per heavy atom. The van der Waals surface area contributed by atoms with Crippen molar-refractivity contribution < 1.29 is 13.2 Å². The van der Waals surface area contributed by atoms with Crippen LogP contribution in [0.25, 0.3) is 11.1 Å². The lowest BCUT2D eigenvalue weighted by molar-refractivity contribution is 0.102. The summed E-state index contributed by atoms with van der Waals surface area (Å²) in [4.78, 5) is 13.3. The minimum atomic E-state index is -3.58. The number of sulfonamides is 1. The summed E-state index contributed by atoms with van der Waals surface area (Å²) in [6, 6.07) is 23.4. The van der Waals surface area contributed by atoms with Crippen LogP contribution in [0.5, 0.6) is 0 Å². The molecule has 0 spiro atoms. The molecule has 0 unspecified atom stereocenters. The van der Waals surface area contributed by atoms with Crippen molar-refractivity contribution in [3.8, 4) is 11.1 Å². The molecule has 0 bridgehead atoms. The molecule has 7 nitrogen and oxygen atoms in total. The van der Waals surface area contributed by atoms with Crippen LogP contribution in [0, 0.1) is 0 Å². The summed E-state index contributed by atoms with van der Waals surface area (Å²) in [6.45, 7) is 4.31. The zero-order chi connectivity index (χ0) is 25.0. The van der Waals surface area contributed by atoms with Crippen molar-refractivity contribution in [1.82, 2.24) is 14.1 Å². The van der Waals surface area contributed by atoms with Gasteiger partial charge in [0.15, 0.2) is 0 Å². The van der Waals surface area contributed by atoms with Gasteiger partial charge in [-0.3, -0.25) is 9.48 Å². The smallest absolute Gasteiger partial charge is 0.256 e. The first-order valence-electron chi connectivity index (χ1n) is 11.3. The van der Waals surface area contributed by atoms with Crippen LogP contribution >= 0.6 is 0 Å². The monoisotopic (exact) mass is 488 g/mol. The first-order valence-corrected chi connectivity index (χ1v) is 12.7. The Morgan fingerprint density at radius 2 is 1.66 bits per heavy atom. The average Bonchev–Trinajstić information content (AvgIpc) is 3.37. The summed E-state index contributed by atoms with van der Waals surface area (Å²) in [5.74, 6) is -0.267. The molecule has 0 aliphatic rings. The second-order valence-electron chi connectivity index (χ2n) is 8.54. The molecule has 0 saturated heterocycles. The Labute approximate surface area is 206 Å². The number of carbonyl (C=O) groups is 1. The number of amides is 1. The lowest BCUT2D eigenvalue weighted by atomic mass is 9.98. The first-order chi connectivity index (χ1) is 16.8. The van der Waals surface area contributed by atoms with E-state index in [4.69, 9.17) is 0 Å². The van der Waals surface area contributed by atoms with Crippen LogP contribution < -0.4 is 5.32 Å². The third-order valence-corrected chi connectivity index (χ3v) is 7.90. The quantitative estimate of drug-likeness (QED) is 0.383. The van der Waals surface area contributed by atoms with E-state index < -0.39 is 10.0 Å². The number of hydrogen-bond acceptors (Lipinski definition) is 4. The molecule has 3 aromatic carbocycles. The molecular weight excluding hydrogens is 460 g/mol. The molecule has 0 aliphatic carbocycles. The Kier molecular flexibility index (Phi) is 7.14. The molecule has 35 heavy (non-hydrogen) atoms. The van der Waals surface area contributed by atoms with Gasteiger partial charge < -0.3 is 5.32 Å². The normalized spacial score (nSPS) is 11.7. The lowest BCUT2D eigenvalue weighted by Crippen LogP contribution is -2.33. The SMILES string of the molecule is CC(C)N(C)S(=O)(=O)c1ccc(NC(=O)c2ccccc2-c2ccc(Cn3cccn3)cc2)cc1. The molecule has 0 atom stereocenters. The van der Waals surface area contributed by atoms with Gasteiger partial charge in [0.1, 0.15) is 0 Å². The highest BCUT2D eigenvalue weighted by Gasteiger charge is 2.23. The largest absolute Gasteiger partial charge is 0.322 e. The molecule has 0 fully saturated rings. The van der Waals surface area contributed by atoms with Crippen molar-refractivity contribution in [2.75, 3.05) is 12.4 Å². The number of nitrogens with one attached hydrogen (secondary N) is 1. The standard InChI is InChI=1S/C27H28N4O3S/c1-20(2)30(3)35(33,34)24-15-13-23(14-16-24)29-27(32)26-8-5-4-7-25(26)22-11-9-21(10-12-22)19-31-18-6-17-28-31/h4-18,20H,19H2,1-3H3,(H,29,32). The maximum atomic E-state index is 13.1. The Morgan fingerprint density at radius 3 is 2.29 bits per heavy atom. The average molecular weight is 489 g/mol. The molecule has 0 aliphatic heterocycles. The minimum Gasteiger partial charge on any atom is -0.322 e. The molecule has 4 aromatic rings. The van der Waals surface area contributed by atoms with Crippen LogP contribution in [0.15, 0.2) is 96.2 Å². The van der Waals surface area contributed by atoms with Crippen molar-refractivity contribution in [2.24, 2.45) is 0 Å². The van der Waals surface area contributed by atoms with E-state index in [1.807, 2.05) is 73.3 Å². The summed E-state index contributed by atoms with van der Waals surface area (Å²) < 4.78 is 28.5. The highest BCUT2D eigenvalue weighted by molar-refractivity contribution is 7.89. The summed E-state index contributed by atoms with van der Waals surface area (Å²) in [5, 5.41) is 7.11. The number of aromatic nitrogens is 2. The third kappa shape index (κ3) is 5.50. The molecule has 0 radical (unpaired) electrons. The summed E-state index contributed by atoms with van der Waals surface area (Å²) >= 11 is 0. The summed E-state index contributed by atoms with van der Waals surface area (Å²) in [6.07, 6.45) is 3.66. The predicted molar refractivity (Wildman–Crippen MR) is 138 cm³/mol. The van der Waals surface area contributed by atoms with E-state index in [0.29, 0.717) is 17.8 Å². The number of nitrogens with zero attached hydrogens (tertiary/aromatic N) is 3. The highest BCUT2D eigenvalue weighted by Crippen LogP contribution is 2.26. The summed E-state index contributed by atoms with van der Waals surface area (Å²) in [7, 11) is -2.03. The molecule has 180 valence electrons. The van der Waals surface area contributed by atoms with Gasteiger partial charge >= 0.3 is 0 Å². The molecular formula is C27H28N4O3S. The van der Waals surface area contributed by atoms with E-state index in [-0.39, 0.29) is 16.8 Å². The van der Waals surface area contributed by atoms with Crippen LogP contribution in [-0.4, -0.2) is 41.5 Å². The van der Waals surface area contributed by atoms with Crippen LogP contribution in [0.1, 0.15) is 29.8 Å². The maximum Gasteiger partial charge on any atom is 0.256 e. The van der Waals surface area contributed by atoms with Crippen molar-refractivity contribution in [1.29, 1.82) is 0 Å². The fourth-order valence-corrected chi connectivity index (χ4v) is 5.02. The topological polar surface area (TPSA) is 84.3 Å². The fourth-order valence-electron chi connectivity index (χ4n) is 3.66. The van der Waals surface area contributed by atoms with Crippen molar-refractivity contribution in [2.45, 2.75) is 31.3 Å². The fraction of sp³-hybridized carbons (Fsp3) is 0.185. The van der Waals surface area contributed by atoms with E-state index >= 15 is 0 Å². The second kappa shape index (κ2) is 10.2. The number of benzene rings is 3. The first kappa shape index (κ1) is 24.4. The van der Waals surface area contributed by atoms with E-state index in [0.717, 1.165) is 16.7 Å². The van der Waals surface area contributed by atoms with E-state index in [1.54, 1.807) is 31.4 Å². The van der Waals surface area contributed by atoms with Gasteiger partial charge in [0.2, 0.25) is 10.0 Å². The van der Waals surface area contributed by atoms with Gasteiger partial charge in [-0.25, -0.2) is 8.42 Å². The molecule has 1 heterocycles. The number of anilines is 1. The van der Waals surface area contributed by atoms with Gasteiger partial charge in [-0.15, -0.1) is 0 Å². The Balaban J connectivity index is 1.51. The number of hydrogen-bond donors (Lipinski definition) is 1. The zero-order valence-corrected chi connectivity index (χ0v) is 20.7. The van der Waals surface area contributed by atoms with Gasteiger partial charge in [-0.1, -0.05) is 42.5 Å². The van der Waals surface area contributed by atoms with Gasteiger partial charge in [-0.05, 0) is 66.9 Å². The lowest BCUT2D eigenvalue weighted by Gasteiger charge is -2.21. The zero-order valence-electron chi connectivity index (χ0n) is 19.9. The number of rotatable bonds is 8. The van der Waals surface area contributed by atoms with Crippen LogP contribution in [0.2, 0.25) is 0 Å². The van der Waals surface area contributed by atoms with Crippen LogP contribution in [-0.2, 0) is 16.6 Å². The summed E-state index contributed by atoms with van der Waals surface area (Å²) in [5.41, 5.74) is 3.90. The molecule has 1 N–H and O–H groups in total. The Hall–Kier alpha value is -3.75. The Bertz CT molecular complexity index is 1400. The highest BCUT2D eigenvalue weighted by atomic mass is 32.2. The second-order valence-corrected chi connectivity index (χ2v) is 10.5. The van der Waals surface area contributed by atoms with Crippen molar-refractivity contribution >= 4 is 21.6 Å². The van der Waals surface area contributed by atoms with Crippen LogP contribution in [0.3, 0.4) is 0 Å². The van der Waals surface area contributed by atoms with Crippen LogP contribution in [0.4, 0.5) is 5.69 Å². The molecule has 1 amide bonds. The van der Waals surface area contributed by atoms with Gasteiger partial charge in [-0.2, -0.15) is 9.40 Å². The molecule has 8 heteroatoms. The van der Waals surface area contributed by atoms with Gasteiger partial charge in [0.05, 0.1) is 11.4 Å². The maximum absolute atomic E-state index is 13.1. The minimum absolute atomic E-state index is 0.157. The molecule has 4 rings (SSSR count).